The molecule has 0 saturated carbocycles. The summed E-state index contributed by atoms with van der Waals surface area (Å²) in [6, 6.07) is 8.50. The van der Waals surface area contributed by atoms with E-state index < -0.39 is 0 Å². The molecule has 1 aromatic rings. The van der Waals surface area contributed by atoms with Crippen LogP contribution in [0.25, 0.3) is 0 Å². The maximum absolute atomic E-state index is 3.41. The van der Waals surface area contributed by atoms with Gasteiger partial charge in [0.05, 0.1) is 0 Å². The summed E-state index contributed by atoms with van der Waals surface area (Å²) in [6.07, 6.45) is 4.46. The lowest BCUT2D eigenvalue weighted by Crippen LogP contribution is -2.09. The van der Waals surface area contributed by atoms with Crippen LogP contribution in [0.5, 0.6) is 0 Å². The first kappa shape index (κ1) is 7.41. The van der Waals surface area contributed by atoms with Gasteiger partial charge in [0.15, 0.2) is 0 Å². The minimum Gasteiger partial charge on any atom is -0.359 e. The van der Waals surface area contributed by atoms with Crippen molar-refractivity contribution in [3.63, 3.8) is 0 Å². The standard InChI is InChI=1S/C11H13N/c1-2-10-8-7-9-5-3-4-6-11(9)12-10/h2-6,12H,7-8H2,1H3/b10-2-. The van der Waals surface area contributed by atoms with Gasteiger partial charge in [0.25, 0.3) is 0 Å². The highest BCUT2D eigenvalue weighted by Crippen LogP contribution is 2.25. The molecule has 0 saturated heterocycles. The van der Waals surface area contributed by atoms with Crippen LogP contribution in [0.15, 0.2) is 36.0 Å². The van der Waals surface area contributed by atoms with E-state index in [4.69, 9.17) is 0 Å². The quantitative estimate of drug-likeness (QED) is 0.613. The fourth-order valence-electron chi connectivity index (χ4n) is 1.58. The van der Waals surface area contributed by atoms with Crippen molar-refractivity contribution in [3.8, 4) is 0 Å². The van der Waals surface area contributed by atoms with E-state index in [2.05, 4.69) is 42.6 Å². The van der Waals surface area contributed by atoms with Crippen LogP contribution in [0.4, 0.5) is 5.69 Å². The lowest BCUT2D eigenvalue weighted by Gasteiger charge is -2.20. The zero-order valence-corrected chi connectivity index (χ0v) is 7.30. The van der Waals surface area contributed by atoms with Crippen molar-refractivity contribution in [2.24, 2.45) is 0 Å². The zero-order chi connectivity index (χ0) is 8.39. The van der Waals surface area contributed by atoms with Crippen molar-refractivity contribution in [1.29, 1.82) is 0 Å². The van der Waals surface area contributed by atoms with Gasteiger partial charge in [0.2, 0.25) is 0 Å². The number of hydrogen-bond acceptors (Lipinski definition) is 1. The monoisotopic (exact) mass is 159 g/mol. The summed E-state index contributed by atoms with van der Waals surface area (Å²) in [5.74, 6) is 0. The fourth-order valence-corrected chi connectivity index (χ4v) is 1.58. The molecule has 0 unspecified atom stereocenters. The highest BCUT2D eigenvalue weighted by atomic mass is 14.9. The molecular formula is C11H13N. The van der Waals surface area contributed by atoms with Crippen LogP contribution in [0.2, 0.25) is 0 Å². The molecule has 1 N–H and O–H groups in total. The first-order valence-electron chi connectivity index (χ1n) is 4.40. The van der Waals surface area contributed by atoms with Gasteiger partial charge in [0.1, 0.15) is 0 Å². The van der Waals surface area contributed by atoms with Gasteiger partial charge in [-0.3, -0.25) is 0 Å². The van der Waals surface area contributed by atoms with Crippen molar-refractivity contribution in [2.75, 3.05) is 5.32 Å². The van der Waals surface area contributed by atoms with E-state index in [0.717, 1.165) is 6.42 Å². The molecule has 1 aliphatic heterocycles. The smallest absolute Gasteiger partial charge is 0.0414 e. The van der Waals surface area contributed by atoms with Gasteiger partial charge in [-0.05, 0) is 31.4 Å². The van der Waals surface area contributed by atoms with Crippen LogP contribution in [0.3, 0.4) is 0 Å². The summed E-state index contributed by atoms with van der Waals surface area (Å²) in [5, 5.41) is 3.41. The molecule has 1 aromatic carbocycles. The van der Waals surface area contributed by atoms with E-state index in [1.54, 1.807) is 0 Å². The number of benzene rings is 1. The molecule has 0 fully saturated rings. The molecule has 0 amide bonds. The maximum atomic E-state index is 3.41. The SMILES string of the molecule is C/C=C1/CCc2ccccc2N1. The third-order valence-corrected chi connectivity index (χ3v) is 2.32. The Morgan fingerprint density at radius 1 is 1.25 bits per heavy atom. The number of anilines is 1. The number of rotatable bonds is 0. The van der Waals surface area contributed by atoms with E-state index in [9.17, 15) is 0 Å². The summed E-state index contributed by atoms with van der Waals surface area (Å²) in [4.78, 5) is 0. The molecule has 2 rings (SSSR count). The second-order valence-electron chi connectivity index (χ2n) is 3.10. The van der Waals surface area contributed by atoms with E-state index >= 15 is 0 Å². The Balaban J connectivity index is 2.35. The Hall–Kier alpha value is -1.24. The van der Waals surface area contributed by atoms with E-state index in [-0.39, 0.29) is 0 Å². The molecule has 0 bridgehead atoms. The molecule has 0 spiro atoms. The second-order valence-corrected chi connectivity index (χ2v) is 3.10. The number of allylic oxidation sites excluding steroid dienone is 2. The Bertz CT molecular complexity index is 313. The molecule has 1 aliphatic rings. The Morgan fingerprint density at radius 2 is 2.08 bits per heavy atom. The predicted octanol–water partition coefficient (Wildman–Crippen LogP) is 2.95. The first-order chi connectivity index (χ1) is 5.90. The van der Waals surface area contributed by atoms with Gasteiger partial charge in [-0.1, -0.05) is 24.3 Å². The molecule has 1 nitrogen and oxygen atoms in total. The maximum Gasteiger partial charge on any atom is 0.0414 e. The second kappa shape index (κ2) is 3.02. The summed E-state index contributed by atoms with van der Waals surface area (Å²) in [6.45, 7) is 2.08. The molecule has 1 heterocycles. The van der Waals surface area contributed by atoms with E-state index in [1.165, 1.54) is 23.4 Å². The highest BCUT2D eigenvalue weighted by Gasteiger charge is 2.09. The van der Waals surface area contributed by atoms with E-state index in [0.29, 0.717) is 0 Å². The minimum absolute atomic E-state index is 1.15. The summed E-state index contributed by atoms with van der Waals surface area (Å²) >= 11 is 0. The van der Waals surface area contributed by atoms with Crippen LogP contribution in [-0.4, -0.2) is 0 Å². The molecule has 0 aliphatic carbocycles. The zero-order valence-electron chi connectivity index (χ0n) is 7.30. The van der Waals surface area contributed by atoms with Gasteiger partial charge in [-0.25, -0.2) is 0 Å². The van der Waals surface area contributed by atoms with Gasteiger partial charge in [-0.2, -0.15) is 0 Å². The average Bonchev–Trinajstić information content (AvgIpc) is 2.17. The number of aryl methyl sites for hydroxylation is 1. The molecule has 0 atom stereocenters. The normalized spacial score (nSPS) is 18.6. The molecule has 62 valence electrons. The fraction of sp³-hybridized carbons (Fsp3) is 0.273. The van der Waals surface area contributed by atoms with Gasteiger partial charge >= 0.3 is 0 Å². The van der Waals surface area contributed by atoms with Gasteiger partial charge in [0, 0.05) is 11.4 Å². The first-order valence-corrected chi connectivity index (χ1v) is 4.40. The molecule has 0 aromatic heterocycles. The van der Waals surface area contributed by atoms with Crippen LogP contribution in [-0.2, 0) is 6.42 Å². The predicted molar refractivity (Wildman–Crippen MR) is 52.1 cm³/mol. The Kier molecular flexibility index (Phi) is 1.86. The lowest BCUT2D eigenvalue weighted by molar-refractivity contribution is 0.911. The summed E-state index contributed by atoms with van der Waals surface area (Å²) in [7, 11) is 0. The van der Waals surface area contributed by atoms with Crippen molar-refractivity contribution < 1.29 is 0 Å². The number of fused-ring (bicyclic) bond motifs is 1. The Labute approximate surface area is 73.1 Å². The number of para-hydroxylation sites is 1. The molecule has 12 heavy (non-hydrogen) atoms. The molecule has 1 heteroatoms. The topological polar surface area (TPSA) is 12.0 Å². The summed E-state index contributed by atoms with van der Waals surface area (Å²) < 4.78 is 0. The van der Waals surface area contributed by atoms with Gasteiger partial charge < -0.3 is 5.32 Å². The van der Waals surface area contributed by atoms with Crippen molar-refractivity contribution in [3.05, 3.63) is 41.6 Å². The van der Waals surface area contributed by atoms with Crippen molar-refractivity contribution in [1.82, 2.24) is 0 Å². The average molecular weight is 159 g/mol. The number of hydrogen-bond donors (Lipinski definition) is 1. The molecular weight excluding hydrogens is 146 g/mol. The van der Waals surface area contributed by atoms with E-state index in [1.807, 2.05) is 0 Å². The highest BCUT2D eigenvalue weighted by molar-refractivity contribution is 5.57. The lowest BCUT2D eigenvalue weighted by atomic mass is 10.0. The Morgan fingerprint density at radius 3 is 2.92 bits per heavy atom. The van der Waals surface area contributed by atoms with Crippen LogP contribution in [0, 0.1) is 0 Å². The largest absolute Gasteiger partial charge is 0.359 e. The van der Waals surface area contributed by atoms with Crippen molar-refractivity contribution >= 4 is 5.69 Å². The van der Waals surface area contributed by atoms with Crippen LogP contribution < -0.4 is 5.32 Å². The van der Waals surface area contributed by atoms with Gasteiger partial charge in [-0.15, -0.1) is 0 Å². The van der Waals surface area contributed by atoms with Crippen molar-refractivity contribution in [2.45, 2.75) is 19.8 Å². The minimum atomic E-state index is 1.15. The third-order valence-electron chi connectivity index (χ3n) is 2.32. The van der Waals surface area contributed by atoms with Crippen LogP contribution >= 0.6 is 0 Å². The van der Waals surface area contributed by atoms with Crippen LogP contribution in [0.1, 0.15) is 18.9 Å². The molecule has 0 radical (unpaired) electrons. The summed E-state index contributed by atoms with van der Waals surface area (Å²) in [5.41, 5.74) is 4.05. The third kappa shape index (κ3) is 1.22. The number of nitrogens with one attached hydrogen (secondary N) is 1.